The molecule has 0 radical (unpaired) electrons. The van der Waals surface area contributed by atoms with Crippen LogP contribution in [-0.4, -0.2) is 44.5 Å². The summed E-state index contributed by atoms with van der Waals surface area (Å²) in [6.45, 7) is 3.44. The lowest BCUT2D eigenvalue weighted by Gasteiger charge is -2.19. The minimum absolute atomic E-state index is 0.0680. The fourth-order valence-corrected chi connectivity index (χ4v) is 3.47. The van der Waals surface area contributed by atoms with E-state index in [1.807, 2.05) is 6.92 Å². The number of rotatable bonds is 10. The summed E-state index contributed by atoms with van der Waals surface area (Å²) in [6.07, 6.45) is 11.2. The quantitative estimate of drug-likeness (QED) is 0.626. The molecule has 1 aliphatic rings. The predicted octanol–water partition coefficient (Wildman–Crippen LogP) is 2.44. The number of amides is 1. The number of nitrogens with zero attached hydrogens (tertiary/aromatic N) is 1. The monoisotopic (exact) mass is 330 g/mol. The molecule has 0 heterocycles. The van der Waals surface area contributed by atoms with Crippen LogP contribution in [0.1, 0.15) is 58.3 Å². The van der Waals surface area contributed by atoms with Gasteiger partial charge in [0, 0.05) is 26.1 Å². The largest absolute Gasteiger partial charge is 0.356 e. The van der Waals surface area contributed by atoms with Crippen molar-refractivity contribution in [2.24, 2.45) is 0 Å². The Morgan fingerprint density at radius 3 is 2.68 bits per heavy atom. The molecular weight excluding hydrogens is 300 g/mol. The summed E-state index contributed by atoms with van der Waals surface area (Å²) in [6, 6.07) is 0. The molecule has 1 aliphatic carbocycles. The molecule has 0 bridgehead atoms. The maximum atomic E-state index is 11.8. The lowest BCUT2D eigenvalue weighted by molar-refractivity contribution is -0.121. The van der Waals surface area contributed by atoms with Gasteiger partial charge in [0.05, 0.1) is 6.26 Å². The molecule has 1 amide bonds. The predicted molar refractivity (Wildman–Crippen MR) is 90.1 cm³/mol. The Balaban J connectivity index is 2.26. The van der Waals surface area contributed by atoms with Crippen molar-refractivity contribution in [2.45, 2.75) is 58.3 Å². The van der Waals surface area contributed by atoms with Crippen molar-refractivity contribution in [3.63, 3.8) is 0 Å². The van der Waals surface area contributed by atoms with Crippen LogP contribution in [0.2, 0.25) is 0 Å². The van der Waals surface area contributed by atoms with E-state index in [-0.39, 0.29) is 18.9 Å². The lowest BCUT2D eigenvalue weighted by atomic mass is 9.97. The molecule has 0 aromatic rings. The van der Waals surface area contributed by atoms with E-state index in [4.69, 9.17) is 0 Å². The van der Waals surface area contributed by atoms with Crippen LogP contribution in [0.3, 0.4) is 0 Å². The molecule has 0 unspecified atom stereocenters. The molecule has 0 saturated heterocycles. The molecule has 0 saturated carbocycles. The minimum atomic E-state index is -3.23. The normalized spacial score (nSPS) is 15.7. The molecule has 0 atom stereocenters. The van der Waals surface area contributed by atoms with Crippen LogP contribution in [0.25, 0.3) is 0 Å². The van der Waals surface area contributed by atoms with Gasteiger partial charge in [-0.15, -0.1) is 0 Å². The molecule has 1 N–H and O–H groups in total. The van der Waals surface area contributed by atoms with E-state index < -0.39 is 10.0 Å². The summed E-state index contributed by atoms with van der Waals surface area (Å²) in [5.74, 6) is -0.0680. The Labute approximate surface area is 135 Å². The number of hydrogen-bond acceptors (Lipinski definition) is 3. The van der Waals surface area contributed by atoms with E-state index >= 15 is 0 Å². The summed E-state index contributed by atoms with van der Waals surface area (Å²) >= 11 is 0. The molecule has 0 aromatic carbocycles. The summed E-state index contributed by atoms with van der Waals surface area (Å²) in [5.41, 5.74) is 1.44. The molecule has 0 fully saturated rings. The first kappa shape index (κ1) is 19.2. The van der Waals surface area contributed by atoms with E-state index in [2.05, 4.69) is 11.4 Å². The van der Waals surface area contributed by atoms with Crippen LogP contribution in [0.4, 0.5) is 0 Å². The smallest absolute Gasteiger partial charge is 0.221 e. The SMILES string of the molecule is CCCCN(CCC(=O)NCCC1=CCCCC1)S(C)(=O)=O. The zero-order valence-electron chi connectivity index (χ0n) is 13.9. The van der Waals surface area contributed by atoms with Gasteiger partial charge in [0.15, 0.2) is 0 Å². The van der Waals surface area contributed by atoms with E-state index in [1.165, 1.54) is 29.0 Å². The molecule has 6 heteroatoms. The van der Waals surface area contributed by atoms with Crippen LogP contribution in [0.15, 0.2) is 11.6 Å². The number of sulfonamides is 1. The third kappa shape index (κ3) is 7.94. The molecule has 128 valence electrons. The van der Waals surface area contributed by atoms with Crippen molar-refractivity contribution in [1.29, 1.82) is 0 Å². The zero-order valence-corrected chi connectivity index (χ0v) is 14.8. The third-order valence-corrected chi connectivity index (χ3v) is 5.27. The number of carbonyl (C=O) groups excluding carboxylic acids is 1. The van der Waals surface area contributed by atoms with Crippen LogP contribution in [-0.2, 0) is 14.8 Å². The second kappa shape index (κ2) is 10.0. The number of carbonyl (C=O) groups is 1. The van der Waals surface area contributed by atoms with Gasteiger partial charge in [-0.2, -0.15) is 0 Å². The van der Waals surface area contributed by atoms with Crippen LogP contribution in [0.5, 0.6) is 0 Å². The first-order valence-corrected chi connectivity index (χ1v) is 10.2. The third-order valence-electron chi connectivity index (χ3n) is 3.97. The molecular formula is C16H30N2O3S. The minimum Gasteiger partial charge on any atom is -0.356 e. The number of unbranched alkanes of at least 4 members (excludes halogenated alkanes) is 1. The lowest BCUT2D eigenvalue weighted by Crippen LogP contribution is -2.35. The van der Waals surface area contributed by atoms with E-state index in [1.54, 1.807) is 0 Å². The first-order chi connectivity index (χ1) is 10.4. The Hall–Kier alpha value is -0.880. The van der Waals surface area contributed by atoms with Crippen LogP contribution in [0, 0.1) is 0 Å². The van der Waals surface area contributed by atoms with Gasteiger partial charge in [-0.1, -0.05) is 25.0 Å². The van der Waals surface area contributed by atoms with E-state index in [9.17, 15) is 13.2 Å². The Morgan fingerprint density at radius 1 is 1.32 bits per heavy atom. The topological polar surface area (TPSA) is 66.5 Å². The number of allylic oxidation sites excluding steroid dienone is 1. The van der Waals surface area contributed by atoms with Crippen molar-refractivity contribution in [3.05, 3.63) is 11.6 Å². The van der Waals surface area contributed by atoms with Crippen molar-refractivity contribution < 1.29 is 13.2 Å². The highest BCUT2D eigenvalue weighted by atomic mass is 32.2. The van der Waals surface area contributed by atoms with Gasteiger partial charge >= 0.3 is 0 Å². The zero-order chi connectivity index (χ0) is 16.4. The maximum absolute atomic E-state index is 11.8. The number of nitrogens with one attached hydrogen (secondary N) is 1. The second-order valence-electron chi connectivity index (χ2n) is 5.97. The average molecular weight is 330 g/mol. The van der Waals surface area contributed by atoms with Gasteiger partial charge in [0.1, 0.15) is 0 Å². The Bertz CT molecular complexity index is 472. The second-order valence-corrected chi connectivity index (χ2v) is 7.96. The van der Waals surface area contributed by atoms with Crippen molar-refractivity contribution >= 4 is 15.9 Å². The van der Waals surface area contributed by atoms with Gasteiger partial charge in [0.25, 0.3) is 0 Å². The van der Waals surface area contributed by atoms with Gasteiger partial charge in [-0.3, -0.25) is 4.79 Å². The Morgan fingerprint density at radius 2 is 2.09 bits per heavy atom. The summed E-state index contributed by atoms with van der Waals surface area (Å²) in [5, 5.41) is 2.89. The fourth-order valence-electron chi connectivity index (χ4n) is 2.59. The highest BCUT2D eigenvalue weighted by molar-refractivity contribution is 7.88. The Kier molecular flexibility index (Phi) is 8.71. The fraction of sp³-hybridized carbons (Fsp3) is 0.812. The van der Waals surface area contributed by atoms with Crippen molar-refractivity contribution in [2.75, 3.05) is 25.9 Å². The maximum Gasteiger partial charge on any atom is 0.221 e. The molecule has 0 aliphatic heterocycles. The summed E-state index contributed by atoms with van der Waals surface area (Å²) in [4.78, 5) is 11.8. The molecule has 5 nitrogen and oxygen atoms in total. The standard InChI is InChI=1S/C16H30N2O3S/c1-3-4-13-18(22(2,20)21)14-11-16(19)17-12-10-15-8-6-5-7-9-15/h8H,3-7,9-14H2,1-2H3,(H,17,19). The summed E-state index contributed by atoms with van der Waals surface area (Å²) in [7, 11) is -3.23. The van der Waals surface area contributed by atoms with Crippen LogP contribution >= 0.6 is 0 Å². The van der Waals surface area contributed by atoms with Crippen molar-refractivity contribution in [3.8, 4) is 0 Å². The van der Waals surface area contributed by atoms with E-state index in [0.717, 1.165) is 32.1 Å². The van der Waals surface area contributed by atoms with E-state index in [0.29, 0.717) is 13.1 Å². The molecule has 22 heavy (non-hydrogen) atoms. The van der Waals surface area contributed by atoms with Crippen LogP contribution < -0.4 is 5.32 Å². The highest BCUT2D eigenvalue weighted by Gasteiger charge is 2.17. The van der Waals surface area contributed by atoms with Crippen molar-refractivity contribution in [1.82, 2.24) is 9.62 Å². The van der Waals surface area contributed by atoms with Gasteiger partial charge in [-0.25, -0.2) is 12.7 Å². The average Bonchev–Trinajstić information content (AvgIpc) is 2.47. The molecule has 0 spiro atoms. The van der Waals surface area contributed by atoms with Gasteiger partial charge in [0.2, 0.25) is 15.9 Å². The molecule has 1 rings (SSSR count). The van der Waals surface area contributed by atoms with Gasteiger partial charge < -0.3 is 5.32 Å². The highest BCUT2D eigenvalue weighted by Crippen LogP contribution is 2.19. The number of hydrogen-bond donors (Lipinski definition) is 1. The first-order valence-electron chi connectivity index (χ1n) is 8.33. The van der Waals surface area contributed by atoms with Gasteiger partial charge in [-0.05, 0) is 38.5 Å². The molecule has 0 aromatic heterocycles. The summed E-state index contributed by atoms with van der Waals surface area (Å²) < 4.78 is 24.7.